The molecule has 5 heteroatoms. The molecule has 0 fully saturated rings. The van der Waals surface area contributed by atoms with E-state index < -0.39 is 18.0 Å². The van der Waals surface area contributed by atoms with Gasteiger partial charge in [0.15, 0.2) is 0 Å². The first-order chi connectivity index (χ1) is 5.79. The number of hydrogen-bond acceptors (Lipinski definition) is 2. The molecule has 74 valence electrons. The highest BCUT2D eigenvalue weighted by Gasteiger charge is 2.32. The molecular formula is C8H15N2O3+. The second-order valence-electron chi connectivity index (χ2n) is 3.57. The number of rotatable bonds is 4. The molecule has 0 rings (SSSR count). The highest BCUT2D eigenvalue weighted by atomic mass is 16.4. The fourth-order valence-electron chi connectivity index (χ4n) is 0.780. The zero-order chi connectivity index (χ0) is 10.6. The van der Waals surface area contributed by atoms with Gasteiger partial charge in [0.1, 0.15) is 0 Å². The van der Waals surface area contributed by atoms with E-state index in [4.69, 9.17) is 5.11 Å². The Labute approximate surface area is 77.2 Å². The van der Waals surface area contributed by atoms with Gasteiger partial charge < -0.3 is 9.59 Å². The van der Waals surface area contributed by atoms with E-state index in [0.717, 1.165) is 6.08 Å². The van der Waals surface area contributed by atoms with E-state index in [0.29, 0.717) is 0 Å². The molecule has 0 radical (unpaired) electrons. The Balaban J connectivity index is 4.55. The van der Waals surface area contributed by atoms with Gasteiger partial charge in [-0.05, 0) is 6.08 Å². The molecule has 0 aliphatic heterocycles. The van der Waals surface area contributed by atoms with Crippen LogP contribution in [0.25, 0.3) is 0 Å². The third kappa shape index (κ3) is 3.71. The molecule has 2 N–H and O–H groups in total. The van der Waals surface area contributed by atoms with Crippen LogP contribution in [0, 0.1) is 0 Å². The van der Waals surface area contributed by atoms with Crippen molar-refractivity contribution in [2.75, 3.05) is 21.1 Å². The molecule has 0 aromatic carbocycles. The van der Waals surface area contributed by atoms with Crippen LogP contribution < -0.4 is 5.32 Å². The van der Waals surface area contributed by atoms with Crippen molar-refractivity contribution in [3.05, 3.63) is 12.7 Å². The Morgan fingerprint density at radius 2 is 1.92 bits per heavy atom. The molecule has 0 aliphatic rings. The van der Waals surface area contributed by atoms with Crippen molar-refractivity contribution in [1.82, 2.24) is 5.32 Å². The second kappa shape index (κ2) is 4.04. The number of aliphatic carboxylic acids is 1. The van der Waals surface area contributed by atoms with E-state index >= 15 is 0 Å². The quantitative estimate of drug-likeness (QED) is 0.351. The molecule has 13 heavy (non-hydrogen) atoms. The number of carboxylic acids is 1. The van der Waals surface area contributed by atoms with E-state index in [1.807, 2.05) is 0 Å². The summed E-state index contributed by atoms with van der Waals surface area (Å²) in [5.74, 6) is -1.55. The summed E-state index contributed by atoms with van der Waals surface area (Å²) in [6, 6.07) is 0. The van der Waals surface area contributed by atoms with Gasteiger partial charge in [-0.25, -0.2) is 4.79 Å². The zero-order valence-corrected chi connectivity index (χ0v) is 8.07. The van der Waals surface area contributed by atoms with Crippen LogP contribution in [0.15, 0.2) is 12.7 Å². The van der Waals surface area contributed by atoms with Crippen molar-refractivity contribution in [2.24, 2.45) is 0 Å². The molecule has 0 saturated carbocycles. The van der Waals surface area contributed by atoms with Crippen LogP contribution in [-0.2, 0) is 9.59 Å². The molecule has 1 atom stereocenters. The summed E-state index contributed by atoms with van der Waals surface area (Å²) in [7, 11) is 5.05. The maximum absolute atomic E-state index is 10.9. The molecule has 0 aromatic rings. The largest absolute Gasteiger partial charge is 0.475 e. The maximum Gasteiger partial charge on any atom is 0.385 e. The smallest absolute Gasteiger partial charge is 0.385 e. The van der Waals surface area contributed by atoms with Gasteiger partial charge in [-0.3, -0.25) is 10.1 Å². The molecule has 0 saturated heterocycles. The van der Waals surface area contributed by atoms with Crippen molar-refractivity contribution in [3.63, 3.8) is 0 Å². The number of nitrogens with zero attached hydrogens (tertiary/aromatic N) is 1. The highest BCUT2D eigenvalue weighted by Crippen LogP contribution is 1.99. The van der Waals surface area contributed by atoms with Crippen LogP contribution in [0.4, 0.5) is 0 Å². The Morgan fingerprint density at radius 1 is 1.46 bits per heavy atom. The number of hydrogen-bond donors (Lipinski definition) is 2. The average molecular weight is 187 g/mol. The van der Waals surface area contributed by atoms with E-state index in [-0.39, 0.29) is 4.48 Å². The highest BCUT2D eigenvalue weighted by molar-refractivity contribution is 5.90. The van der Waals surface area contributed by atoms with Crippen LogP contribution in [-0.4, -0.2) is 48.8 Å². The number of nitrogens with one attached hydrogen (secondary N) is 1. The minimum atomic E-state index is -1.07. The summed E-state index contributed by atoms with van der Waals surface area (Å²) in [4.78, 5) is 21.6. The predicted molar refractivity (Wildman–Crippen MR) is 47.8 cm³/mol. The lowest BCUT2D eigenvalue weighted by Gasteiger charge is -2.30. The minimum absolute atomic E-state index is 0.120. The first-order valence-electron chi connectivity index (χ1n) is 3.76. The van der Waals surface area contributed by atoms with E-state index in [1.165, 1.54) is 0 Å². The van der Waals surface area contributed by atoms with Crippen LogP contribution >= 0.6 is 0 Å². The molecule has 0 bridgehead atoms. The number of quaternary nitrogens is 1. The van der Waals surface area contributed by atoms with Gasteiger partial charge in [0.25, 0.3) is 6.17 Å². The van der Waals surface area contributed by atoms with Gasteiger partial charge in [0.2, 0.25) is 5.91 Å². The van der Waals surface area contributed by atoms with E-state index in [2.05, 4.69) is 11.9 Å². The first-order valence-corrected chi connectivity index (χ1v) is 3.76. The topological polar surface area (TPSA) is 66.4 Å². The van der Waals surface area contributed by atoms with Crippen LogP contribution in [0.3, 0.4) is 0 Å². The fourth-order valence-corrected chi connectivity index (χ4v) is 0.780. The average Bonchev–Trinajstić information content (AvgIpc) is 1.96. The van der Waals surface area contributed by atoms with Gasteiger partial charge in [-0.2, -0.15) is 0 Å². The molecule has 0 spiro atoms. The Bertz CT molecular complexity index is 230. The summed E-state index contributed by atoms with van der Waals surface area (Å²) in [5.41, 5.74) is 0. The lowest BCUT2D eigenvalue weighted by atomic mass is 10.4. The minimum Gasteiger partial charge on any atom is -0.475 e. The number of carbonyl (C=O) groups excluding carboxylic acids is 1. The summed E-state index contributed by atoms with van der Waals surface area (Å²) < 4.78 is 0.120. The van der Waals surface area contributed by atoms with Gasteiger partial charge in [0.05, 0.1) is 21.1 Å². The third-order valence-corrected chi connectivity index (χ3v) is 1.47. The van der Waals surface area contributed by atoms with Crippen molar-refractivity contribution < 1.29 is 19.2 Å². The molecule has 1 amide bonds. The monoisotopic (exact) mass is 187 g/mol. The van der Waals surface area contributed by atoms with Crippen LogP contribution in [0.5, 0.6) is 0 Å². The number of carboxylic acid groups (broad SMARTS) is 1. The van der Waals surface area contributed by atoms with E-state index in [9.17, 15) is 9.59 Å². The first kappa shape index (κ1) is 11.6. The molecule has 0 heterocycles. The molecule has 1 unspecified atom stereocenters. The SMILES string of the molecule is C=CC(=O)NC(C(=O)O)[N+](C)(C)C. The molecular weight excluding hydrogens is 172 g/mol. The van der Waals surface area contributed by atoms with Gasteiger partial charge >= 0.3 is 5.97 Å². The predicted octanol–water partition coefficient (Wildman–Crippen LogP) is -0.594. The van der Waals surface area contributed by atoms with Crippen molar-refractivity contribution in [3.8, 4) is 0 Å². The van der Waals surface area contributed by atoms with Gasteiger partial charge in [-0.15, -0.1) is 0 Å². The van der Waals surface area contributed by atoms with E-state index in [1.54, 1.807) is 21.1 Å². The summed E-state index contributed by atoms with van der Waals surface area (Å²) in [5, 5.41) is 11.1. The lowest BCUT2D eigenvalue weighted by Crippen LogP contribution is -2.59. The third-order valence-electron chi connectivity index (χ3n) is 1.47. The van der Waals surface area contributed by atoms with Gasteiger partial charge in [-0.1, -0.05) is 6.58 Å². The second-order valence-corrected chi connectivity index (χ2v) is 3.57. The maximum atomic E-state index is 10.9. The summed E-state index contributed by atoms with van der Waals surface area (Å²) in [6.07, 6.45) is 0.0940. The number of amides is 1. The van der Waals surface area contributed by atoms with Crippen LogP contribution in [0.1, 0.15) is 0 Å². The summed E-state index contributed by atoms with van der Waals surface area (Å²) >= 11 is 0. The molecule has 0 aliphatic carbocycles. The lowest BCUT2D eigenvalue weighted by molar-refractivity contribution is -0.889. The Hall–Kier alpha value is -1.36. The van der Waals surface area contributed by atoms with Crippen LogP contribution in [0.2, 0.25) is 0 Å². The van der Waals surface area contributed by atoms with Crippen molar-refractivity contribution in [2.45, 2.75) is 6.17 Å². The number of likely N-dealkylation sites (N-methyl/N-ethyl adjacent to an activating group) is 1. The molecule has 0 aromatic heterocycles. The molecule has 5 nitrogen and oxygen atoms in total. The summed E-state index contributed by atoms with van der Waals surface area (Å²) in [6.45, 7) is 3.24. The zero-order valence-electron chi connectivity index (χ0n) is 8.07. The van der Waals surface area contributed by atoms with Crippen molar-refractivity contribution >= 4 is 11.9 Å². The fraction of sp³-hybridized carbons (Fsp3) is 0.500. The number of carbonyl (C=O) groups is 2. The Morgan fingerprint density at radius 3 is 2.15 bits per heavy atom. The van der Waals surface area contributed by atoms with Crippen molar-refractivity contribution in [1.29, 1.82) is 0 Å². The normalized spacial score (nSPS) is 13.2. The standard InChI is InChI=1S/C8H14N2O3/c1-5-6(11)9-7(8(12)13)10(2,3)4/h5,7H,1H2,2-4H3,(H-,9,11,12,13)/p+1. The Kier molecular flexibility index (Phi) is 3.62. The van der Waals surface area contributed by atoms with Gasteiger partial charge in [0, 0.05) is 0 Å².